The average molecular weight is 266 g/mol. The number of piperidine rings is 1. The van der Waals surface area contributed by atoms with Crippen LogP contribution in [-0.4, -0.2) is 46.6 Å². The fourth-order valence-electron chi connectivity index (χ4n) is 3.39. The summed E-state index contributed by atoms with van der Waals surface area (Å²) in [5.74, 6) is 1.00. The minimum atomic E-state index is -0.727. The SMILES string of the molecule is N#CC1CSC2CC(N)(C3CCNCC3)C(=O)N12. The van der Waals surface area contributed by atoms with Crippen LogP contribution in [0, 0.1) is 17.2 Å². The van der Waals surface area contributed by atoms with Crippen molar-refractivity contribution in [2.75, 3.05) is 18.8 Å². The summed E-state index contributed by atoms with van der Waals surface area (Å²) in [6.45, 7) is 1.88. The Morgan fingerprint density at radius 2 is 2.22 bits per heavy atom. The first-order valence-corrected chi connectivity index (χ1v) is 7.55. The first kappa shape index (κ1) is 12.3. The Balaban J connectivity index is 1.83. The molecule has 3 rings (SSSR count). The average Bonchev–Trinajstić information content (AvgIpc) is 2.91. The first-order valence-electron chi connectivity index (χ1n) is 6.50. The zero-order chi connectivity index (χ0) is 12.8. The summed E-state index contributed by atoms with van der Waals surface area (Å²) in [7, 11) is 0. The summed E-state index contributed by atoms with van der Waals surface area (Å²) in [5.41, 5.74) is 5.72. The van der Waals surface area contributed by atoms with Gasteiger partial charge in [0.2, 0.25) is 5.91 Å². The van der Waals surface area contributed by atoms with E-state index in [1.807, 2.05) is 0 Å². The highest BCUT2D eigenvalue weighted by Gasteiger charge is 2.57. The number of nitrogens with two attached hydrogens (primary N) is 1. The predicted molar refractivity (Wildman–Crippen MR) is 69.6 cm³/mol. The molecule has 0 saturated carbocycles. The van der Waals surface area contributed by atoms with Crippen LogP contribution in [0.5, 0.6) is 0 Å². The van der Waals surface area contributed by atoms with Crippen LogP contribution in [0.2, 0.25) is 0 Å². The molecule has 3 fully saturated rings. The van der Waals surface area contributed by atoms with Gasteiger partial charge in [0.25, 0.3) is 0 Å². The molecular weight excluding hydrogens is 248 g/mol. The van der Waals surface area contributed by atoms with Gasteiger partial charge < -0.3 is 16.0 Å². The van der Waals surface area contributed by atoms with Crippen molar-refractivity contribution in [2.45, 2.75) is 36.2 Å². The Hall–Kier alpha value is -0.770. The van der Waals surface area contributed by atoms with Crippen molar-refractivity contribution in [1.82, 2.24) is 10.2 Å². The van der Waals surface area contributed by atoms with E-state index in [2.05, 4.69) is 11.4 Å². The predicted octanol–water partition coefficient (Wildman–Crippen LogP) is -0.119. The van der Waals surface area contributed by atoms with Crippen LogP contribution in [0.1, 0.15) is 19.3 Å². The van der Waals surface area contributed by atoms with Crippen molar-refractivity contribution >= 4 is 17.7 Å². The zero-order valence-corrected chi connectivity index (χ0v) is 11.1. The Labute approximate surface area is 111 Å². The number of rotatable bonds is 1. The fourth-order valence-corrected chi connectivity index (χ4v) is 4.82. The molecule has 0 aromatic heterocycles. The summed E-state index contributed by atoms with van der Waals surface area (Å²) in [6, 6.07) is 1.94. The molecule has 3 saturated heterocycles. The highest BCUT2D eigenvalue weighted by atomic mass is 32.2. The number of nitriles is 1. The van der Waals surface area contributed by atoms with Crippen LogP contribution < -0.4 is 11.1 Å². The fraction of sp³-hybridized carbons (Fsp3) is 0.833. The van der Waals surface area contributed by atoms with E-state index in [0.29, 0.717) is 6.42 Å². The lowest BCUT2D eigenvalue weighted by Gasteiger charge is -2.35. The quantitative estimate of drug-likeness (QED) is 0.691. The Morgan fingerprint density at radius 1 is 1.50 bits per heavy atom. The van der Waals surface area contributed by atoms with Gasteiger partial charge in [-0.1, -0.05) is 0 Å². The van der Waals surface area contributed by atoms with Crippen molar-refractivity contribution in [2.24, 2.45) is 11.7 Å². The number of nitrogens with one attached hydrogen (secondary N) is 1. The van der Waals surface area contributed by atoms with Crippen LogP contribution in [-0.2, 0) is 4.79 Å². The normalized spacial score (nSPS) is 40.9. The van der Waals surface area contributed by atoms with Gasteiger partial charge >= 0.3 is 0 Å². The summed E-state index contributed by atoms with van der Waals surface area (Å²) in [4.78, 5) is 14.3. The summed E-state index contributed by atoms with van der Waals surface area (Å²) in [5, 5.41) is 12.5. The van der Waals surface area contributed by atoms with Crippen molar-refractivity contribution in [3.8, 4) is 6.07 Å². The molecule has 3 unspecified atom stereocenters. The zero-order valence-electron chi connectivity index (χ0n) is 10.3. The minimum Gasteiger partial charge on any atom is -0.317 e. The van der Waals surface area contributed by atoms with Crippen molar-refractivity contribution < 1.29 is 4.79 Å². The molecule has 0 radical (unpaired) electrons. The highest BCUT2D eigenvalue weighted by Crippen LogP contribution is 2.45. The molecule has 0 aliphatic carbocycles. The Kier molecular flexibility index (Phi) is 3.00. The van der Waals surface area contributed by atoms with Crippen LogP contribution in [0.15, 0.2) is 0 Å². The Bertz CT molecular complexity index is 403. The van der Waals surface area contributed by atoms with E-state index in [1.165, 1.54) is 0 Å². The number of nitrogens with zero attached hydrogens (tertiary/aromatic N) is 2. The molecule has 0 spiro atoms. The highest BCUT2D eigenvalue weighted by molar-refractivity contribution is 8.00. The number of hydrogen-bond donors (Lipinski definition) is 2. The molecule has 0 aromatic rings. The summed E-state index contributed by atoms with van der Waals surface area (Å²) in [6.07, 6.45) is 2.63. The lowest BCUT2D eigenvalue weighted by molar-refractivity contribution is -0.134. The van der Waals surface area contributed by atoms with E-state index in [-0.39, 0.29) is 23.2 Å². The van der Waals surface area contributed by atoms with E-state index in [0.717, 1.165) is 31.7 Å². The molecule has 5 nitrogen and oxygen atoms in total. The van der Waals surface area contributed by atoms with E-state index < -0.39 is 5.54 Å². The standard InChI is InChI=1S/C12H18N4OS/c13-6-9-7-18-10-5-12(14,11(17)16(9)10)8-1-3-15-4-2-8/h8-10,15H,1-5,7,14H2. The molecule has 3 heterocycles. The van der Waals surface area contributed by atoms with Gasteiger partial charge in [-0.3, -0.25) is 4.79 Å². The molecule has 6 heteroatoms. The maximum atomic E-state index is 12.6. The molecule has 1 amide bonds. The van der Waals surface area contributed by atoms with E-state index in [9.17, 15) is 4.79 Å². The minimum absolute atomic E-state index is 0.0101. The molecule has 3 aliphatic heterocycles. The number of carbonyl (C=O) groups is 1. The van der Waals surface area contributed by atoms with Gasteiger partial charge in [0, 0.05) is 12.2 Å². The number of fused-ring (bicyclic) bond motifs is 1. The second-order valence-corrected chi connectivity index (χ2v) is 6.62. The molecule has 0 aromatic carbocycles. The van der Waals surface area contributed by atoms with Crippen LogP contribution in [0.3, 0.4) is 0 Å². The molecule has 98 valence electrons. The molecule has 3 N–H and O–H groups in total. The molecular formula is C12H18N4OS. The third-order valence-electron chi connectivity index (χ3n) is 4.45. The van der Waals surface area contributed by atoms with Crippen LogP contribution >= 0.6 is 11.8 Å². The van der Waals surface area contributed by atoms with Gasteiger partial charge in [-0.25, -0.2) is 0 Å². The Morgan fingerprint density at radius 3 is 2.89 bits per heavy atom. The van der Waals surface area contributed by atoms with Crippen molar-refractivity contribution in [1.29, 1.82) is 5.26 Å². The lowest BCUT2D eigenvalue weighted by Crippen LogP contribution is -2.57. The van der Waals surface area contributed by atoms with Gasteiger partial charge in [-0.15, -0.1) is 11.8 Å². The second kappa shape index (κ2) is 4.41. The second-order valence-electron chi connectivity index (χ2n) is 5.41. The molecule has 3 atom stereocenters. The molecule has 18 heavy (non-hydrogen) atoms. The van der Waals surface area contributed by atoms with Gasteiger partial charge in [0.15, 0.2) is 0 Å². The van der Waals surface area contributed by atoms with Crippen LogP contribution in [0.4, 0.5) is 0 Å². The van der Waals surface area contributed by atoms with Gasteiger partial charge in [0.1, 0.15) is 11.6 Å². The molecule has 0 bridgehead atoms. The monoisotopic (exact) mass is 266 g/mol. The maximum absolute atomic E-state index is 12.6. The number of thioether (sulfide) groups is 1. The first-order chi connectivity index (χ1) is 8.66. The van der Waals surface area contributed by atoms with Crippen molar-refractivity contribution in [3.63, 3.8) is 0 Å². The third-order valence-corrected chi connectivity index (χ3v) is 5.74. The number of hydrogen-bond acceptors (Lipinski definition) is 5. The van der Waals surface area contributed by atoms with E-state index in [4.69, 9.17) is 11.0 Å². The lowest BCUT2D eigenvalue weighted by atomic mass is 9.77. The van der Waals surface area contributed by atoms with Gasteiger partial charge in [0.05, 0.1) is 11.4 Å². The molecule has 3 aliphatic rings. The number of carbonyl (C=O) groups excluding carboxylic acids is 1. The topological polar surface area (TPSA) is 82.1 Å². The summed E-state index contributed by atoms with van der Waals surface area (Å²) < 4.78 is 0. The third kappa shape index (κ3) is 1.65. The van der Waals surface area contributed by atoms with Crippen LogP contribution in [0.25, 0.3) is 0 Å². The van der Waals surface area contributed by atoms with Crippen molar-refractivity contribution in [3.05, 3.63) is 0 Å². The summed E-state index contributed by atoms with van der Waals surface area (Å²) >= 11 is 1.70. The smallest absolute Gasteiger partial charge is 0.245 e. The van der Waals surface area contributed by atoms with Gasteiger partial charge in [-0.05, 0) is 31.8 Å². The maximum Gasteiger partial charge on any atom is 0.245 e. The van der Waals surface area contributed by atoms with E-state index >= 15 is 0 Å². The largest absolute Gasteiger partial charge is 0.317 e. The van der Waals surface area contributed by atoms with Gasteiger partial charge in [-0.2, -0.15) is 5.26 Å². The number of amides is 1. The van der Waals surface area contributed by atoms with E-state index in [1.54, 1.807) is 16.7 Å².